The minimum Gasteiger partial charge on any atom is -0.393 e. The Kier molecular flexibility index (Phi) is 4.91. The maximum absolute atomic E-state index is 10.1. The van der Waals surface area contributed by atoms with Gasteiger partial charge >= 0.3 is 0 Å². The predicted molar refractivity (Wildman–Crippen MR) is 73.1 cm³/mol. The monoisotopic (exact) mass is 252 g/mol. The lowest BCUT2D eigenvalue weighted by Crippen LogP contribution is -2.34. The number of hydrogen-bond acceptors (Lipinski definition) is 3. The molecule has 0 aromatic heterocycles. The van der Waals surface area contributed by atoms with Gasteiger partial charge in [-0.15, -0.1) is 0 Å². The van der Waals surface area contributed by atoms with Gasteiger partial charge in [0.25, 0.3) is 0 Å². The normalized spacial score (nSPS) is 28.2. The van der Waals surface area contributed by atoms with Crippen LogP contribution in [0.25, 0.3) is 0 Å². The molecule has 1 aliphatic carbocycles. The maximum atomic E-state index is 10.1. The van der Waals surface area contributed by atoms with E-state index in [0.29, 0.717) is 12.0 Å². The number of aliphatic hydroxyl groups is 3. The Labute approximate surface area is 109 Å². The highest BCUT2D eigenvalue weighted by Gasteiger charge is 2.34. The Morgan fingerprint density at radius 3 is 2.72 bits per heavy atom. The molecule has 0 saturated heterocycles. The van der Waals surface area contributed by atoms with Gasteiger partial charge in [0.2, 0.25) is 0 Å². The van der Waals surface area contributed by atoms with Crippen molar-refractivity contribution in [2.24, 2.45) is 5.41 Å². The molecule has 1 unspecified atom stereocenters. The average Bonchev–Trinajstić information content (AvgIpc) is 2.32. The molecule has 0 amide bonds. The summed E-state index contributed by atoms with van der Waals surface area (Å²) in [5.74, 6) is 0. The van der Waals surface area contributed by atoms with Gasteiger partial charge in [0.05, 0.1) is 18.8 Å². The molecule has 0 heterocycles. The molecule has 3 N–H and O–H groups in total. The molecule has 102 valence electrons. The Morgan fingerprint density at radius 2 is 2.17 bits per heavy atom. The first-order valence-electron chi connectivity index (χ1n) is 6.33. The molecular formula is C15H24O3. The maximum Gasteiger partial charge on any atom is 0.0981 e. The van der Waals surface area contributed by atoms with Crippen molar-refractivity contribution in [3.05, 3.63) is 34.9 Å². The Bertz CT molecular complexity index is 389. The molecule has 18 heavy (non-hydrogen) atoms. The van der Waals surface area contributed by atoms with Gasteiger partial charge in [-0.25, -0.2) is 0 Å². The van der Waals surface area contributed by atoms with E-state index in [-0.39, 0.29) is 18.1 Å². The third-order valence-electron chi connectivity index (χ3n) is 3.81. The molecule has 0 aliphatic heterocycles. The molecule has 1 rings (SSSR count). The van der Waals surface area contributed by atoms with E-state index in [1.807, 2.05) is 39.0 Å². The van der Waals surface area contributed by atoms with Crippen molar-refractivity contribution in [1.82, 2.24) is 0 Å². The topological polar surface area (TPSA) is 60.7 Å². The second-order valence-corrected chi connectivity index (χ2v) is 5.55. The Hall–Kier alpha value is -0.900. The molecule has 2 atom stereocenters. The van der Waals surface area contributed by atoms with E-state index in [4.69, 9.17) is 5.11 Å². The van der Waals surface area contributed by atoms with Crippen LogP contribution in [0.4, 0.5) is 0 Å². The summed E-state index contributed by atoms with van der Waals surface area (Å²) >= 11 is 0. The van der Waals surface area contributed by atoms with Crippen molar-refractivity contribution in [1.29, 1.82) is 0 Å². The lowest BCUT2D eigenvalue weighted by molar-refractivity contribution is 0.0737. The second-order valence-electron chi connectivity index (χ2n) is 5.55. The van der Waals surface area contributed by atoms with Gasteiger partial charge in [-0.1, -0.05) is 37.6 Å². The highest BCUT2D eigenvalue weighted by Crippen LogP contribution is 2.40. The summed E-state index contributed by atoms with van der Waals surface area (Å²) < 4.78 is 0. The van der Waals surface area contributed by atoms with E-state index in [9.17, 15) is 10.2 Å². The van der Waals surface area contributed by atoms with E-state index in [2.05, 4.69) is 0 Å². The summed E-state index contributed by atoms with van der Waals surface area (Å²) in [7, 11) is 0. The van der Waals surface area contributed by atoms with Crippen molar-refractivity contribution in [3.63, 3.8) is 0 Å². The van der Waals surface area contributed by atoms with Crippen LogP contribution in [0.2, 0.25) is 0 Å². The van der Waals surface area contributed by atoms with Crippen molar-refractivity contribution in [2.75, 3.05) is 6.61 Å². The summed E-state index contributed by atoms with van der Waals surface area (Å²) in [6, 6.07) is 0. The molecule has 0 bridgehead atoms. The van der Waals surface area contributed by atoms with Crippen LogP contribution in [0.15, 0.2) is 34.9 Å². The molecule has 0 saturated carbocycles. The molecule has 3 nitrogen and oxygen atoms in total. The number of aliphatic hydroxyl groups excluding tert-OH is 3. The van der Waals surface area contributed by atoms with Crippen LogP contribution in [-0.2, 0) is 0 Å². The first kappa shape index (κ1) is 15.2. The van der Waals surface area contributed by atoms with Crippen LogP contribution in [-0.4, -0.2) is 34.1 Å². The van der Waals surface area contributed by atoms with E-state index in [0.717, 1.165) is 11.1 Å². The molecule has 0 radical (unpaired) electrons. The number of rotatable bonds is 3. The van der Waals surface area contributed by atoms with Gasteiger partial charge in [-0.3, -0.25) is 0 Å². The lowest BCUT2D eigenvalue weighted by Gasteiger charge is -2.37. The third kappa shape index (κ3) is 3.10. The van der Waals surface area contributed by atoms with Gasteiger partial charge < -0.3 is 15.3 Å². The van der Waals surface area contributed by atoms with Crippen LogP contribution in [0.5, 0.6) is 0 Å². The first-order chi connectivity index (χ1) is 8.30. The predicted octanol–water partition coefficient (Wildman–Crippen LogP) is 1.95. The molecule has 0 spiro atoms. The van der Waals surface area contributed by atoms with Crippen LogP contribution in [0.3, 0.4) is 0 Å². The van der Waals surface area contributed by atoms with Gasteiger partial charge in [0, 0.05) is 5.41 Å². The van der Waals surface area contributed by atoms with Crippen LogP contribution in [0, 0.1) is 5.41 Å². The fourth-order valence-corrected chi connectivity index (χ4v) is 2.20. The Balaban J connectivity index is 3.06. The van der Waals surface area contributed by atoms with Gasteiger partial charge in [-0.05, 0) is 31.4 Å². The Morgan fingerprint density at radius 1 is 1.56 bits per heavy atom. The van der Waals surface area contributed by atoms with E-state index < -0.39 is 6.10 Å². The molecule has 0 aromatic rings. The second kappa shape index (κ2) is 5.83. The molecule has 0 aromatic carbocycles. The van der Waals surface area contributed by atoms with Crippen LogP contribution >= 0.6 is 0 Å². The average molecular weight is 252 g/mol. The number of allylic oxidation sites excluding steroid dienone is 3. The minimum absolute atomic E-state index is 0.271. The zero-order valence-corrected chi connectivity index (χ0v) is 11.6. The summed E-state index contributed by atoms with van der Waals surface area (Å²) in [6.45, 7) is 7.58. The zero-order chi connectivity index (χ0) is 13.9. The van der Waals surface area contributed by atoms with Gasteiger partial charge in [0.15, 0.2) is 0 Å². The summed E-state index contributed by atoms with van der Waals surface area (Å²) in [5.41, 5.74) is 2.66. The van der Waals surface area contributed by atoms with E-state index in [1.165, 1.54) is 0 Å². The highest BCUT2D eigenvalue weighted by molar-refractivity contribution is 5.41. The van der Waals surface area contributed by atoms with Gasteiger partial charge in [0.1, 0.15) is 0 Å². The molecule has 0 fully saturated rings. The summed E-state index contributed by atoms with van der Waals surface area (Å²) in [6.07, 6.45) is 5.26. The third-order valence-corrected chi connectivity index (χ3v) is 3.81. The van der Waals surface area contributed by atoms with Crippen LogP contribution < -0.4 is 0 Å². The van der Waals surface area contributed by atoms with Gasteiger partial charge in [-0.2, -0.15) is 0 Å². The van der Waals surface area contributed by atoms with Crippen molar-refractivity contribution < 1.29 is 15.3 Å². The number of hydrogen-bond donors (Lipinski definition) is 3. The fourth-order valence-electron chi connectivity index (χ4n) is 2.20. The zero-order valence-electron chi connectivity index (χ0n) is 11.6. The minimum atomic E-state index is -0.817. The van der Waals surface area contributed by atoms with E-state index in [1.54, 1.807) is 6.92 Å². The van der Waals surface area contributed by atoms with Crippen LogP contribution in [0.1, 0.15) is 34.1 Å². The highest BCUT2D eigenvalue weighted by atomic mass is 16.3. The smallest absolute Gasteiger partial charge is 0.0981 e. The standard InChI is InChI=1S/C15H24O3/c1-10-6-8-14(18)15(3,4)12(10)7-5-11(2)13(17)9-16/h5-7,13-14,16-18H,8-9H2,1-4H3/b11-5+,12-7-/t13?,14-/m0/s1. The van der Waals surface area contributed by atoms with Crippen molar-refractivity contribution in [3.8, 4) is 0 Å². The summed E-state index contributed by atoms with van der Waals surface area (Å²) in [4.78, 5) is 0. The molecule has 3 heteroatoms. The fraction of sp³-hybridized carbons (Fsp3) is 0.600. The van der Waals surface area contributed by atoms with Crippen molar-refractivity contribution in [2.45, 2.75) is 46.3 Å². The first-order valence-corrected chi connectivity index (χ1v) is 6.33. The molecular weight excluding hydrogens is 228 g/mol. The SMILES string of the molecule is CC1=CC[C@H](O)C(C)(C)/C1=C\C=C(/C)C(O)CO. The summed E-state index contributed by atoms with van der Waals surface area (Å²) in [5, 5.41) is 28.4. The molecule has 1 aliphatic rings. The lowest BCUT2D eigenvalue weighted by atomic mass is 9.71. The quantitative estimate of drug-likeness (QED) is 0.719. The van der Waals surface area contributed by atoms with Crippen molar-refractivity contribution >= 4 is 0 Å². The van der Waals surface area contributed by atoms with E-state index >= 15 is 0 Å². The largest absolute Gasteiger partial charge is 0.393 e.